The Kier molecular flexibility index (Phi) is 6.38. The number of hydrogen-bond donors (Lipinski definition) is 5. The van der Waals surface area contributed by atoms with Crippen LogP contribution in [0.4, 0.5) is 0 Å². The van der Waals surface area contributed by atoms with Crippen molar-refractivity contribution in [3.05, 3.63) is 69.5 Å². The molecule has 5 rings (SSSR count). The Bertz CT molecular complexity index is 1490. The smallest absolute Gasteiger partial charge is 0.255 e. The number of ether oxygens (including phenoxy) is 2. The van der Waals surface area contributed by atoms with Gasteiger partial charge in [0.05, 0.1) is 19.8 Å². The summed E-state index contributed by atoms with van der Waals surface area (Å²) in [6.45, 7) is 0. The maximum Gasteiger partial charge on any atom is 0.255 e. The third-order valence-corrected chi connectivity index (χ3v) is 8.18. The number of carbonyl (C=O) groups is 3. The molecule has 1 amide bonds. The number of nitrogens with two attached hydrogens (primary N) is 1. The number of amides is 1. The molecule has 0 aliphatic heterocycles. The molecule has 0 radical (unpaired) electrons. The first-order chi connectivity index (χ1) is 18.5. The van der Waals surface area contributed by atoms with Crippen molar-refractivity contribution in [3.63, 3.8) is 0 Å². The fourth-order valence-corrected chi connectivity index (χ4v) is 6.24. The van der Waals surface area contributed by atoms with Gasteiger partial charge in [-0.2, -0.15) is 0 Å². The van der Waals surface area contributed by atoms with E-state index in [1.807, 2.05) is 18.2 Å². The Balaban J connectivity index is 1.53. The molecule has 1 fully saturated rings. The van der Waals surface area contributed by atoms with Crippen molar-refractivity contribution in [1.82, 2.24) is 0 Å². The largest absolute Gasteiger partial charge is 0.508 e. The number of phenols is 1. The van der Waals surface area contributed by atoms with E-state index >= 15 is 0 Å². The molecular formula is C29H29NO9. The van der Waals surface area contributed by atoms with Crippen LogP contribution >= 0.6 is 0 Å². The quantitative estimate of drug-likeness (QED) is 0.347. The number of aryl methyl sites for hydroxylation is 2. The lowest BCUT2D eigenvalue weighted by Crippen LogP contribution is -2.58. The van der Waals surface area contributed by atoms with Crippen molar-refractivity contribution in [2.75, 3.05) is 14.2 Å². The predicted molar refractivity (Wildman–Crippen MR) is 138 cm³/mol. The molecule has 3 aliphatic carbocycles. The second-order valence-electron chi connectivity index (χ2n) is 10.2. The van der Waals surface area contributed by atoms with Crippen LogP contribution < -0.4 is 15.2 Å². The van der Waals surface area contributed by atoms with Gasteiger partial charge in [0.15, 0.2) is 22.9 Å². The van der Waals surface area contributed by atoms with Crippen LogP contribution in [0, 0.1) is 11.8 Å². The van der Waals surface area contributed by atoms with Crippen LogP contribution in [-0.2, 0) is 33.6 Å². The summed E-state index contributed by atoms with van der Waals surface area (Å²) in [5.41, 5.74) is 4.29. The van der Waals surface area contributed by atoms with Crippen molar-refractivity contribution < 1.29 is 44.3 Å². The average molecular weight is 536 g/mol. The normalized spacial score (nSPS) is 24.2. The number of hydrogen-bond acceptors (Lipinski definition) is 9. The highest BCUT2D eigenvalue weighted by molar-refractivity contribution is 6.22. The van der Waals surface area contributed by atoms with E-state index < -0.39 is 52.0 Å². The summed E-state index contributed by atoms with van der Waals surface area (Å²) in [5.74, 6) is -5.19. The molecule has 6 N–H and O–H groups in total. The van der Waals surface area contributed by atoms with Crippen molar-refractivity contribution >= 4 is 23.2 Å². The van der Waals surface area contributed by atoms with E-state index in [9.17, 15) is 34.8 Å². The number of benzene rings is 2. The number of rotatable bonds is 6. The molecule has 0 unspecified atom stereocenters. The van der Waals surface area contributed by atoms with Crippen molar-refractivity contribution in [2.24, 2.45) is 17.6 Å². The van der Waals surface area contributed by atoms with Crippen molar-refractivity contribution in [3.8, 4) is 17.2 Å². The minimum absolute atomic E-state index is 0.0898. The van der Waals surface area contributed by atoms with Crippen molar-refractivity contribution in [1.29, 1.82) is 0 Å². The third-order valence-electron chi connectivity index (χ3n) is 8.18. The third kappa shape index (κ3) is 3.94. The number of methoxy groups -OCH3 is 2. The summed E-state index contributed by atoms with van der Waals surface area (Å²) >= 11 is 0. The van der Waals surface area contributed by atoms with E-state index in [1.54, 1.807) is 20.3 Å². The van der Waals surface area contributed by atoms with Gasteiger partial charge < -0.3 is 35.6 Å². The molecule has 0 aromatic heterocycles. The Hall–Kier alpha value is -4.31. The number of aromatic hydroxyl groups is 1. The van der Waals surface area contributed by atoms with Gasteiger partial charge in [0.1, 0.15) is 22.8 Å². The number of ketones is 2. The standard InChI is InChI=1S/C29H29NO9/c1-38-20-8-4-13(9-21(20)39-2)3-5-14-6-7-18(31)23-17(14)11-15-10-16-12-19(32)24(28(30)36)27(35)29(16,37)26(34)22(15)25(23)33/h4,6-9,15-16,31,33,35,37H,3,5,10-12H2,1-2H3,(H2,30,36)/t15-,16+,29+/m1/s1. The lowest BCUT2D eigenvalue weighted by atomic mass is 9.59. The number of primary amides is 1. The molecule has 204 valence electrons. The molecule has 2 aromatic carbocycles. The van der Waals surface area contributed by atoms with Crippen LogP contribution in [0.25, 0.3) is 5.76 Å². The molecule has 2 aromatic rings. The van der Waals surface area contributed by atoms with Crippen LogP contribution in [-0.4, -0.2) is 57.7 Å². The van der Waals surface area contributed by atoms with E-state index in [4.69, 9.17) is 15.2 Å². The number of aliphatic hydroxyl groups is 3. The molecule has 39 heavy (non-hydrogen) atoms. The highest BCUT2D eigenvalue weighted by Crippen LogP contribution is 2.52. The van der Waals surface area contributed by atoms with Gasteiger partial charge in [-0.25, -0.2) is 0 Å². The van der Waals surface area contributed by atoms with Crippen LogP contribution in [0.3, 0.4) is 0 Å². The van der Waals surface area contributed by atoms with Gasteiger partial charge in [0.25, 0.3) is 5.91 Å². The lowest BCUT2D eigenvalue weighted by Gasteiger charge is -2.46. The zero-order valence-corrected chi connectivity index (χ0v) is 21.5. The topological polar surface area (TPSA) is 177 Å². The average Bonchev–Trinajstić information content (AvgIpc) is 2.89. The fourth-order valence-electron chi connectivity index (χ4n) is 6.24. The zero-order valence-electron chi connectivity index (χ0n) is 21.5. The first-order valence-electron chi connectivity index (χ1n) is 12.5. The van der Waals surface area contributed by atoms with Crippen LogP contribution in [0.1, 0.15) is 35.1 Å². The van der Waals surface area contributed by atoms with E-state index in [-0.39, 0.29) is 36.1 Å². The van der Waals surface area contributed by atoms with Crippen LogP contribution in [0.15, 0.2) is 47.2 Å². The Morgan fingerprint density at radius 2 is 1.74 bits per heavy atom. The molecule has 0 heterocycles. The van der Waals surface area contributed by atoms with Gasteiger partial charge in [0, 0.05) is 17.9 Å². The Morgan fingerprint density at radius 3 is 2.41 bits per heavy atom. The molecule has 0 spiro atoms. The maximum atomic E-state index is 13.6. The number of phenolic OH excluding ortho intramolecular Hbond substituents is 1. The van der Waals surface area contributed by atoms with Gasteiger partial charge in [0.2, 0.25) is 5.78 Å². The fraction of sp³-hybridized carbons (Fsp3) is 0.345. The minimum atomic E-state index is -2.57. The van der Waals surface area contributed by atoms with Gasteiger partial charge in [-0.3, -0.25) is 14.4 Å². The SMILES string of the molecule is COc1ccc(CCc2ccc(O)c3c2C[C@H]2C[C@H]4CC(=O)C(C(N)=O)=C(O)[C@@]4(O)C(=O)C2=C3O)cc1OC. The molecule has 3 atom stereocenters. The predicted octanol–water partition coefficient (Wildman–Crippen LogP) is 2.23. The van der Waals surface area contributed by atoms with Crippen LogP contribution in [0.2, 0.25) is 0 Å². The summed E-state index contributed by atoms with van der Waals surface area (Å²) in [5, 5.41) is 43.9. The van der Waals surface area contributed by atoms with E-state index in [0.717, 1.165) is 11.1 Å². The number of fused-ring (bicyclic) bond motifs is 3. The van der Waals surface area contributed by atoms with E-state index in [1.165, 1.54) is 6.07 Å². The zero-order chi connectivity index (χ0) is 28.2. The molecule has 1 saturated carbocycles. The first kappa shape index (κ1) is 26.3. The maximum absolute atomic E-state index is 13.6. The number of carbonyl (C=O) groups excluding carboxylic acids is 3. The monoisotopic (exact) mass is 535 g/mol. The Morgan fingerprint density at radius 1 is 1.03 bits per heavy atom. The highest BCUT2D eigenvalue weighted by atomic mass is 16.5. The van der Waals surface area contributed by atoms with Crippen molar-refractivity contribution in [2.45, 2.75) is 37.7 Å². The second kappa shape index (κ2) is 9.46. The highest BCUT2D eigenvalue weighted by Gasteiger charge is 2.60. The number of Topliss-reactive ketones (excluding diaryl/α,β-unsaturated/α-hetero) is 2. The first-order valence-corrected chi connectivity index (χ1v) is 12.5. The lowest BCUT2D eigenvalue weighted by molar-refractivity contribution is -0.147. The van der Waals surface area contributed by atoms with Gasteiger partial charge in [-0.1, -0.05) is 12.1 Å². The molecule has 10 heteroatoms. The van der Waals surface area contributed by atoms with Crippen LogP contribution in [0.5, 0.6) is 17.2 Å². The summed E-state index contributed by atoms with van der Waals surface area (Å²) < 4.78 is 10.7. The van der Waals surface area contributed by atoms with Gasteiger partial charge in [-0.05, 0) is 66.5 Å². The second-order valence-corrected chi connectivity index (χ2v) is 10.2. The minimum Gasteiger partial charge on any atom is -0.508 e. The summed E-state index contributed by atoms with van der Waals surface area (Å²) in [6, 6.07) is 8.82. The Labute approximate surface area is 224 Å². The molecule has 0 bridgehead atoms. The van der Waals surface area contributed by atoms with E-state index in [0.29, 0.717) is 29.9 Å². The van der Waals surface area contributed by atoms with Gasteiger partial charge in [-0.15, -0.1) is 0 Å². The molecule has 0 saturated heterocycles. The molecule has 3 aliphatic rings. The van der Waals surface area contributed by atoms with E-state index in [2.05, 4.69) is 0 Å². The summed E-state index contributed by atoms with van der Waals surface area (Å²) in [6.07, 6.45) is 1.18. The molecular weight excluding hydrogens is 506 g/mol. The van der Waals surface area contributed by atoms with Gasteiger partial charge >= 0.3 is 0 Å². The number of aliphatic hydroxyl groups excluding tert-OH is 2. The molecule has 10 nitrogen and oxygen atoms in total. The summed E-state index contributed by atoms with van der Waals surface area (Å²) in [4.78, 5) is 37.9. The summed E-state index contributed by atoms with van der Waals surface area (Å²) in [7, 11) is 3.12.